The summed E-state index contributed by atoms with van der Waals surface area (Å²) in [4.78, 5) is 16.5. The zero-order valence-electron chi connectivity index (χ0n) is 12.6. The standard InChI is InChI=1S/C15H19N3O2S/c1-15(2,3)20-13(19)11-12(16)18(14(17-11)21-4)10-8-6-5-7-9-10/h5-9H,16H2,1-4H3. The second kappa shape index (κ2) is 5.81. The number of carbonyl (C=O) groups excluding carboxylic acids is 1. The molecule has 0 saturated heterocycles. The number of benzene rings is 1. The van der Waals surface area contributed by atoms with Gasteiger partial charge in [0, 0.05) is 5.69 Å². The van der Waals surface area contributed by atoms with Crippen molar-refractivity contribution < 1.29 is 9.53 Å². The summed E-state index contributed by atoms with van der Waals surface area (Å²) in [5, 5.41) is 0.652. The van der Waals surface area contributed by atoms with Gasteiger partial charge in [-0.25, -0.2) is 9.78 Å². The molecule has 0 atom stereocenters. The van der Waals surface area contributed by atoms with Crippen LogP contribution in [0.1, 0.15) is 31.3 Å². The Morgan fingerprint density at radius 3 is 2.43 bits per heavy atom. The summed E-state index contributed by atoms with van der Waals surface area (Å²) >= 11 is 1.42. The molecule has 0 saturated carbocycles. The van der Waals surface area contributed by atoms with Crippen molar-refractivity contribution in [3.8, 4) is 5.69 Å². The van der Waals surface area contributed by atoms with Crippen LogP contribution in [-0.4, -0.2) is 27.4 Å². The van der Waals surface area contributed by atoms with Crippen LogP contribution in [0.25, 0.3) is 5.69 Å². The summed E-state index contributed by atoms with van der Waals surface area (Å²) in [5.41, 5.74) is 6.55. The first-order valence-corrected chi connectivity index (χ1v) is 7.77. The van der Waals surface area contributed by atoms with E-state index in [4.69, 9.17) is 10.5 Å². The number of hydrogen-bond donors (Lipinski definition) is 1. The fourth-order valence-electron chi connectivity index (χ4n) is 1.85. The van der Waals surface area contributed by atoms with Gasteiger partial charge in [0.15, 0.2) is 10.9 Å². The Hall–Kier alpha value is -1.95. The lowest BCUT2D eigenvalue weighted by atomic mass is 10.2. The molecule has 0 radical (unpaired) electrons. The average molecular weight is 305 g/mol. The maximum Gasteiger partial charge on any atom is 0.361 e. The number of anilines is 1. The van der Waals surface area contributed by atoms with Gasteiger partial charge in [0.2, 0.25) is 0 Å². The van der Waals surface area contributed by atoms with E-state index in [1.807, 2.05) is 57.4 Å². The molecule has 21 heavy (non-hydrogen) atoms. The van der Waals surface area contributed by atoms with E-state index in [0.29, 0.717) is 11.0 Å². The summed E-state index contributed by atoms with van der Waals surface area (Å²) in [6.07, 6.45) is 1.89. The predicted molar refractivity (Wildman–Crippen MR) is 84.9 cm³/mol. The quantitative estimate of drug-likeness (QED) is 0.697. The number of imidazole rings is 1. The zero-order valence-corrected chi connectivity index (χ0v) is 13.4. The minimum atomic E-state index is -0.584. The molecule has 1 aromatic heterocycles. The second-order valence-corrected chi connectivity index (χ2v) is 6.28. The number of hydrogen-bond acceptors (Lipinski definition) is 5. The number of thioether (sulfide) groups is 1. The molecule has 0 bridgehead atoms. The number of para-hydroxylation sites is 1. The molecule has 112 valence electrons. The summed E-state index contributed by atoms with van der Waals surface area (Å²) < 4.78 is 7.10. The smallest absolute Gasteiger partial charge is 0.361 e. The lowest BCUT2D eigenvalue weighted by molar-refractivity contribution is 0.00643. The van der Waals surface area contributed by atoms with Crippen LogP contribution in [0.3, 0.4) is 0 Å². The molecule has 0 spiro atoms. The fourth-order valence-corrected chi connectivity index (χ4v) is 2.42. The van der Waals surface area contributed by atoms with Crippen molar-refractivity contribution in [2.75, 3.05) is 12.0 Å². The van der Waals surface area contributed by atoms with Crippen LogP contribution in [0.5, 0.6) is 0 Å². The van der Waals surface area contributed by atoms with Crippen LogP contribution in [0.4, 0.5) is 5.82 Å². The number of aromatic nitrogens is 2. The summed E-state index contributed by atoms with van der Waals surface area (Å²) in [6.45, 7) is 5.43. The van der Waals surface area contributed by atoms with Crippen molar-refractivity contribution in [3.05, 3.63) is 36.0 Å². The summed E-state index contributed by atoms with van der Waals surface area (Å²) in [6, 6.07) is 9.56. The molecule has 0 amide bonds. The van der Waals surface area contributed by atoms with Crippen molar-refractivity contribution in [3.63, 3.8) is 0 Å². The number of nitrogen functional groups attached to an aromatic ring is 1. The Kier molecular flexibility index (Phi) is 4.27. The lowest BCUT2D eigenvalue weighted by Crippen LogP contribution is -2.24. The van der Waals surface area contributed by atoms with Crippen LogP contribution in [0, 0.1) is 0 Å². The van der Waals surface area contributed by atoms with Crippen LogP contribution < -0.4 is 5.73 Å². The van der Waals surface area contributed by atoms with E-state index in [9.17, 15) is 4.79 Å². The van der Waals surface area contributed by atoms with E-state index in [1.165, 1.54) is 11.8 Å². The first-order chi connectivity index (χ1) is 9.83. The van der Waals surface area contributed by atoms with E-state index >= 15 is 0 Å². The molecule has 2 N–H and O–H groups in total. The monoisotopic (exact) mass is 305 g/mol. The Labute approximate surface area is 128 Å². The normalized spacial score (nSPS) is 11.4. The van der Waals surface area contributed by atoms with E-state index < -0.39 is 11.6 Å². The summed E-state index contributed by atoms with van der Waals surface area (Å²) in [7, 11) is 0. The molecular weight excluding hydrogens is 286 g/mol. The minimum absolute atomic E-state index is 0.151. The van der Waals surface area contributed by atoms with Gasteiger partial charge in [-0.3, -0.25) is 4.57 Å². The molecule has 2 aromatic rings. The van der Waals surface area contributed by atoms with E-state index in [1.54, 1.807) is 4.57 Å². The molecule has 0 aliphatic rings. The molecule has 5 nitrogen and oxygen atoms in total. The Morgan fingerprint density at radius 2 is 1.90 bits per heavy atom. The van der Waals surface area contributed by atoms with Gasteiger partial charge < -0.3 is 10.5 Å². The van der Waals surface area contributed by atoms with Crippen LogP contribution in [0.15, 0.2) is 35.5 Å². The van der Waals surface area contributed by atoms with E-state index in [0.717, 1.165) is 5.69 Å². The molecule has 0 aliphatic carbocycles. The van der Waals surface area contributed by atoms with Crippen LogP contribution in [-0.2, 0) is 4.74 Å². The van der Waals surface area contributed by atoms with Gasteiger partial charge in [-0.15, -0.1) is 0 Å². The molecule has 0 fully saturated rings. The first kappa shape index (κ1) is 15.4. The van der Waals surface area contributed by atoms with E-state index in [-0.39, 0.29) is 5.69 Å². The van der Waals surface area contributed by atoms with Gasteiger partial charge in [0.05, 0.1) is 0 Å². The third-order valence-corrected chi connectivity index (χ3v) is 3.31. The molecule has 6 heteroatoms. The van der Waals surface area contributed by atoms with Crippen molar-refractivity contribution in [2.45, 2.75) is 31.5 Å². The van der Waals surface area contributed by atoms with Crippen molar-refractivity contribution in [2.24, 2.45) is 0 Å². The lowest BCUT2D eigenvalue weighted by Gasteiger charge is -2.18. The van der Waals surface area contributed by atoms with Gasteiger partial charge in [-0.2, -0.15) is 0 Å². The van der Waals surface area contributed by atoms with Crippen molar-refractivity contribution in [1.29, 1.82) is 0 Å². The van der Waals surface area contributed by atoms with Crippen molar-refractivity contribution >= 4 is 23.5 Å². The van der Waals surface area contributed by atoms with Gasteiger partial charge in [0.25, 0.3) is 0 Å². The Balaban J connectivity index is 2.47. The Bertz CT molecular complexity index is 645. The van der Waals surface area contributed by atoms with Gasteiger partial charge in [-0.1, -0.05) is 30.0 Å². The number of esters is 1. The maximum atomic E-state index is 12.2. The van der Waals surface area contributed by atoms with Gasteiger partial charge in [-0.05, 0) is 39.2 Å². The Morgan fingerprint density at radius 1 is 1.29 bits per heavy atom. The third-order valence-electron chi connectivity index (χ3n) is 2.67. The number of nitrogens with two attached hydrogens (primary N) is 1. The highest BCUT2D eigenvalue weighted by molar-refractivity contribution is 7.98. The topological polar surface area (TPSA) is 70.1 Å². The highest BCUT2D eigenvalue weighted by Gasteiger charge is 2.26. The van der Waals surface area contributed by atoms with Crippen LogP contribution >= 0.6 is 11.8 Å². The molecular formula is C15H19N3O2S. The predicted octanol–water partition coefficient (Wildman–Crippen LogP) is 3.13. The second-order valence-electron chi connectivity index (χ2n) is 5.51. The SMILES string of the molecule is CSc1nc(C(=O)OC(C)(C)C)c(N)n1-c1ccccc1. The van der Waals surface area contributed by atoms with Crippen LogP contribution in [0.2, 0.25) is 0 Å². The molecule has 1 aromatic carbocycles. The zero-order chi connectivity index (χ0) is 15.6. The molecule has 2 rings (SSSR count). The third kappa shape index (κ3) is 3.39. The fraction of sp³-hybridized carbons (Fsp3) is 0.333. The number of carbonyl (C=O) groups is 1. The first-order valence-electron chi connectivity index (χ1n) is 6.54. The number of nitrogens with zero attached hydrogens (tertiary/aromatic N) is 2. The van der Waals surface area contributed by atoms with Gasteiger partial charge in [0.1, 0.15) is 11.4 Å². The number of rotatable bonds is 3. The highest BCUT2D eigenvalue weighted by atomic mass is 32.2. The summed E-state index contributed by atoms with van der Waals surface area (Å²) in [5.74, 6) is -0.218. The molecule has 1 heterocycles. The van der Waals surface area contributed by atoms with E-state index in [2.05, 4.69) is 4.98 Å². The molecule has 0 aliphatic heterocycles. The molecule has 0 unspecified atom stereocenters. The number of ether oxygens (including phenoxy) is 1. The van der Waals surface area contributed by atoms with Crippen molar-refractivity contribution in [1.82, 2.24) is 9.55 Å². The largest absolute Gasteiger partial charge is 0.455 e. The minimum Gasteiger partial charge on any atom is -0.455 e. The maximum absolute atomic E-state index is 12.2. The van der Waals surface area contributed by atoms with Gasteiger partial charge >= 0.3 is 5.97 Å². The highest BCUT2D eigenvalue weighted by Crippen LogP contribution is 2.27. The average Bonchev–Trinajstić information content (AvgIpc) is 2.75.